The van der Waals surface area contributed by atoms with Crippen molar-refractivity contribution in [1.29, 1.82) is 0 Å². The predicted octanol–water partition coefficient (Wildman–Crippen LogP) is 3.47. The van der Waals surface area contributed by atoms with E-state index in [0.29, 0.717) is 24.0 Å². The molecule has 0 bridgehead atoms. The number of anilines is 1. The number of hydrogen-bond donors (Lipinski definition) is 1. The van der Waals surface area contributed by atoms with Crippen LogP contribution in [0.5, 0.6) is 0 Å². The highest BCUT2D eigenvalue weighted by Crippen LogP contribution is 2.30. The van der Waals surface area contributed by atoms with Gasteiger partial charge in [-0.2, -0.15) is 0 Å². The molecular formula is C17H16N4O3S3. The lowest BCUT2D eigenvalue weighted by Gasteiger charge is -2.14. The first kappa shape index (κ1) is 18.2. The maximum absolute atomic E-state index is 12.5. The van der Waals surface area contributed by atoms with Gasteiger partial charge in [-0.05, 0) is 23.6 Å². The van der Waals surface area contributed by atoms with Crippen molar-refractivity contribution in [2.75, 3.05) is 11.9 Å². The number of furan rings is 1. The van der Waals surface area contributed by atoms with E-state index in [4.69, 9.17) is 4.42 Å². The van der Waals surface area contributed by atoms with Gasteiger partial charge >= 0.3 is 0 Å². The van der Waals surface area contributed by atoms with E-state index < -0.39 is 5.92 Å². The molecular weight excluding hydrogens is 404 g/mol. The van der Waals surface area contributed by atoms with E-state index in [1.165, 1.54) is 16.2 Å². The molecule has 10 heteroatoms. The lowest BCUT2D eigenvalue weighted by molar-refractivity contribution is -0.128. The van der Waals surface area contributed by atoms with Gasteiger partial charge in [0.05, 0.1) is 18.7 Å². The summed E-state index contributed by atoms with van der Waals surface area (Å²) in [6.07, 6.45) is 1.77. The van der Waals surface area contributed by atoms with Gasteiger partial charge in [0.2, 0.25) is 16.9 Å². The topological polar surface area (TPSA) is 88.3 Å². The second-order valence-electron chi connectivity index (χ2n) is 5.99. The molecule has 27 heavy (non-hydrogen) atoms. The Morgan fingerprint density at radius 3 is 3.07 bits per heavy atom. The van der Waals surface area contributed by atoms with Crippen molar-refractivity contribution in [3.05, 3.63) is 46.5 Å². The van der Waals surface area contributed by atoms with Gasteiger partial charge in [0.15, 0.2) is 4.34 Å². The molecule has 1 aliphatic rings. The molecule has 1 N–H and O–H groups in total. The third kappa shape index (κ3) is 4.57. The van der Waals surface area contributed by atoms with Gasteiger partial charge < -0.3 is 14.6 Å². The quantitative estimate of drug-likeness (QED) is 0.465. The minimum atomic E-state index is -0.390. The van der Waals surface area contributed by atoms with Crippen molar-refractivity contribution in [2.45, 2.75) is 23.1 Å². The van der Waals surface area contributed by atoms with Gasteiger partial charge in [0, 0.05) is 23.6 Å². The molecule has 1 aliphatic heterocycles. The fourth-order valence-corrected chi connectivity index (χ4v) is 5.27. The number of hydrogen-bond acceptors (Lipinski definition) is 8. The largest absolute Gasteiger partial charge is 0.467 e. The van der Waals surface area contributed by atoms with Crippen LogP contribution >= 0.6 is 34.4 Å². The SMILES string of the molecule is O=C(Nc1nnc(SCc2cccs2)s1)C1CC(=O)N(Cc2ccco2)C1. The van der Waals surface area contributed by atoms with Gasteiger partial charge in [0.1, 0.15) is 5.76 Å². The highest BCUT2D eigenvalue weighted by molar-refractivity contribution is 8.00. The van der Waals surface area contributed by atoms with Gasteiger partial charge in [-0.3, -0.25) is 9.59 Å². The van der Waals surface area contributed by atoms with Crippen LogP contribution in [0.1, 0.15) is 17.1 Å². The first-order valence-electron chi connectivity index (χ1n) is 8.27. The molecule has 0 saturated carbocycles. The van der Waals surface area contributed by atoms with Crippen LogP contribution in [-0.2, 0) is 21.9 Å². The Labute approximate surface area is 167 Å². The molecule has 7 nitrogen and oxygen atoms in total. The third-order valence-corrected chi connectivity index (χ3v) is 7.15. The fourth-order valence-electron chi connectivity index (χ4n) is 2.74. The maximum Gasteiger partial charge on any atom is 0.231 e. The van der Waals surface area contributed by atoms with Crippen molar-refractivity contribution in [3.8, 4) is 0 Å². The number of thioether (sulfide) groups is 1. The summed E-state index contributed by atoms with van der Waals surface area (Å²) in [4.78, 5) is 27.5. The predicted molar refractivity (Wildman–Crippen MR) is 105 cm³/mol. The number of thiophene rings is 1. The van der Waals surface area contributed by atoms with Crippen LogP contribution in [-0.4, -0.2) is 33.5 Å². The Bertz CT molecular complexity index is 908. The highest BCUT2D eigenvalue weighted by atomic mass is 32.2. The van der Waals surface area contributed by atoms with Gasteiger partial charge in [-0.25, -0.2) is 0 Å². The minimum absolute atomic E-state index is 0.0454. The summed E-state index contributed by atoms with van der Waals surface area (Å²) in [6, 6.07) is 7.69. The van der Waals surface area contributed by atoms with E-state index in [9.17, 15) is 9.59 Å². The van der Waals surface area contributed by atoms with Crippen molar-refractivity contribution < 1.29 is 14.0 Å². The summed E-state index contributed by atoms with van der Waals surface area (Å²) in [5.74, 6) is 0.908. The highest BCUT2D eigenvalue weighted by Gasteiger charge is 2.35. The summed E-state index contributed by atoms with van der Waals surface area (Å²) < 4.78 is 6.08. The molecule has 4 rings (SSSR count). The molecule has 140 valence electrons. The Hall–Kier alpha value is -2.17. The zero-order valence-electron chi connectivity index (χ0n) is 14.2. The summed E-state index contributed by atoms with van der Waals surface area (Å²) in [7, 11) is 0. The lowest BCUT2D eigenvalue weighted by atomic mass is 10.1. The van der Waals surface area contributed by atoms with Crippen LogP contribution in [0.4, 0.5) is 5.13 Å². The Kier molecular flexibility index (Phi) is 5.55. The number of carbonyl (C=O) groups is 2. The molecule has 0 aromatic carbocycles. The number of nitrogens with one attached hydrogen (secondary N) is 1. The van der Waals surface area contributed by atoms with E-state index >= 15 is 0 Å². The zero-order valence-corrected chi connectivity index (χ0v) is 16.6. The standard InChI is InChI=1S/C17H16N4O3S3/c22-14-7-11(8-21(14)9-12-3-1-5-24-12)15(23)18-16-19-20-17(27-16)26-10-13-4-2-6-25-13/h1-6,11H,7-10H2,(H,18,19,23). The lowest BCUT2D eigenvalue weighted by Crippen LogP contribution is -2.27. The molecule has 3 aromatic rings. The average molecular weight is 421 g/mol. The third-order valence-electron chi connectivity index (χ3n) is 4.07. The van der Waals surface area contributed by atoms with Crippen molar-refractivity contribution in [1.82, 2.24) is 15.1 Å². The van der Waals surface area contributed by atoms with Crippen molar-refractivity contribution in [2.24, 2.45) is 5.92 Å². The van der Waals surface area contributed by atoms with Crippen LogP contribution < -0.4 is 5.32 Å². The summed E-state index contributed by atoms with van der Waals surface area (Å²) in [5.41, 5.74) is 0. The van der Waals surface area contributed by atoms with E-state index in [2.05, 4.69) is 21.6 Å². The Balaban J connectivity index is 1.29. The zero-order chi connectivity index (χ0) is 18.6. The summed E-state index contributed by atoms with van der Waals surface area (Å²) >= 11 is 4.64. The average Bonchev–Trinajstić information content (AvgIpc) is 3.43. The van der Waals surface area contributed by atoms with Crippen molar-refractivity contribution in [3.63, 3.8) is 0 Å². The van der Waals surface area contributed by atoms with Gasteiger partial charge in [-0.1, -0.05) is 29.2 Å². The van der Waals surface area contributed by atoms with E-state index in [1.54, 1.807) is 40.3 Å². The Morgan fingerprint density at radius 1 is 1.37 bits per heavy atom. The molecule has 0 aliphatic carbocycles. The van der Waals surface area contributed by atoms with Gasteiger partial charge in [0.25, 0.3) is 0 Å². The van der Waals surface area contributed by atoms with Crippen LogP contribution in [0.3, 0.4) is 0 Å². The molecule has 4 heterocycles. The first-order chi connectivity index (χ1) is 13.2. The summed E-state index contributed by atoms with van der Waals surface area (Å²) in [6.45, 7) is 0.766. The first-order valence-corrected chi connectivity index (χ1v) is 11.0. The fraction of sp³-hybridized carbons (Fsp3) is 0.294. The number of likely N-dealkylation sites (tertiary alicyclic amines) is 1. The minimum Gasteiger partial charge on any atom is -0.467 e. The summed E-state index contributed by atoms with van der Waals surface area (Å²) in [5, 5.41) is 13.4. The second kappa shape index (κ2) is 8.24. The molecule has 0 radical (unpaired) electrons. The molecule has 0 spiro atoms. The molecule has 2 amide bonds. The van der Waals surface area contributed by atoms with E-state index in [-0.39, 0.29) is 18.2 Å². The molecule has 1 fully saturated rings. The van der Waals surface area contributed by atoms with Crippen molar-refractivity contribution >= 4 is 51.4 Å². The normalized spacial score (nSPS) is 16.8. The number of aromatic nitrogens is 2. The van der Waals surface area contributed by atoms with Crippen LogP contribution in [0.15, 0.2) is 44.7 Å². The number of carbonyl (C=O) groups excluding carboxylic acids is 2. The Morgan fingerprint density at radius 2 is 2.30 bits per heavy atom. The van der Waals surface area contributed by atoms with Gasteiger partial charge in [-0.15, -0.1) is 21.5 Å². The molecule has 3 aromatic heterocycles. The maximum atomic E-state index is 12.5. The van der Waals surface area contributed by atoms with E-state index in [0.717, 1.165) is 10.1 Å². The number of amides is 2. The van der Waals surface area contributed by atoms with Crippen LogP contribution in [0, 0.1) is 5.92 Å². The molecule has 1 unspecified atom stereocenters. The van der Waals surface area contributed by atoms with Crippen LogP contribution in [0.25, 0.3) is 0 Å². The number of rotatable bonds is 7. The monoisotopic (exact) mass is 420 g/mol. The molecule has 1 saturated heterocycles. The smallest absolute Gasteiger partial charge is 0.231 e. The second-order valence-corrected chi connectivity index (χ2v) is 9.22. The number of nitrogens with zero attached hydrogens (tertiary/aromatic N) is 3. The van der Waals surface area contributed by atoms with Crippen LogP contribution in [0.2, 0.25) is 0 Å². The van der Waals surface area contributed by atoms with E-state index in [1.807, 2.05) is 17.5 Å². The molecule has 1 atom stereocenters.